The number of hydrogen-bond acceptors (Lipinski definition) is 3. The second-order valence-electron chi connectivity index (χ2n) is 5.82. The van der Waals surface area contributed by atoms with E-state index in [4.69, 9.17) is 9.84 Å². The number of nitrogens with zero attached hydrogens (tertiary/aromatic N) is 1. The highest BCUT2D eigenvalue weighted by Gasteiger charge is 2.25. The molecule has 2 rings (SSSR count). The minimum absolute atomic E-state index is 0.103. The van der Waals surface area contributed by atoms with Gasteiger partial charge in [-0.15, -0.1) is 0 Å². The minimum Gasteiger partial charge on any atom is -0.491 e. The quantitative estimate of drug-likeness (QED) is 0.794. The fourth-order valence-corrected chi connectivity index (χ4v) is 2.29. The van der Waals surface area contributed by atoms with Gasteiger partial charge < -0.3 is 9.84 Å². The van der Waals surface area contributed by atoms with Gasteiger partial charge in [-0.05, 0) is 50.3 Å². The summed E-state index contributed by atoms with van der Waals surface area (Å²) in [5.41, 5.74) is 1.10. The molecule has 1 aromatic rings. The first-order valence-electron chi connectivity index (χ1n) is 7.22. The molecule has 0 spiro atoms. The van der Waals surface area contributed by atoms with Crippen molar-refractivity contribution in [2.75, 3.05) is 13.1 Å². The summed E-state index contributed by atoms with van der Waals surface area (Å²) in [5, 5.41) is 9.00. The maximum Gasteiger partial charge on any atom is 0.317 e. The van der Waals surface area contributed by atoms with E-state index >= 15 is 0 Å². The van der Waals surface area contributed by atoms with Gasteiger partial charge in [0.2, 0.25) is 0 Å². The summed E-state index contributed by atoms with van der Waals surface area (Å²) in [4.78, 5) is 13.0. The van der Waals surface area contributed by atoms with Gasteiger partial charge >= 0.3 is 5.97 Å². The van der Waals surface area contributed by atoms with Crippen molar-refractivity contribution in [3.63, 3.8) is 0 Å². The summed E-state index contributed by atoms with van der Waals surface area (Å²) in [5.74, 6) is 0.767. The molecule has 0 amide bonds. The number of carboxylic acid groups (broad SMARTS) is 1. The van der Waals surface area contributed by atoms with Gasteiger partial charge in [0.25, 0.3) is 0 Å². The fraction of sp³-hybridized carbons (Fsp3) is 0.562. The fourth-order valence-electron chi connectivity index (χ4n) is 2.29. The number of carboxylic acids is 1. The predicted molar refractivity (Wildman–Crippen MR) is 77.8 cm³/mol. The first-order valence-corrected chi connectivity index (χ1v) is 7.22. The van der Waals surface area contributed by atoms with E-state index in [1.165, 1.54) is 12.8 Å². The van der Waals surface area contributed by atoms with Gasteiger partial charge in [0.15, 0.2) is 0 Å². The van der Waals surface area contributed by atoms with Crippen LogP contribution in [0.1, 0.15) is 32.3 Å². The van der Waals surface area contributed by atoms with E-state index in [1.807, 2.05) is 43.0 Å². The number of carbonyl (C=O) groups is 1. The van der Waals surface area contributed by atoms with Crippen LogP contribution in [0.3, 0.4) is 0 Å². The maximum atomic E-state index is 10.9. The van der Waals surface area contributed by atoms with Crippen LogP contribution in [0.5, 0.6) is 5.75 Å². The number of ether oxygens (including phenoxy) is 1. The number of rotatable bonds is 8. The molecule has 1 aromatic carbocycles. The van der Waals surface area contributed by atoms with E-state index in [0.29, 0.717) is 12.5 Å². The monoisotopic (exact) mass is 277 g/mol. The first kappa shape index (κ1) is 14.9. The van der Waals surface area contributed by atoms with E-state index in [-0.39, 0.29) is 12.6 Å². The molecule has 1 N–H and O–H groups in total. The molecular weight excluding hydrogens is 254 g/mol. The molecule has 0 saturated heterocycles. The number of aliphatic carboxylic acids is 1. The van der Waals surface area contributed by atoms with Gasteiger partial charge in [0.05, 0.1) is 12.6 Å². The number of benzene rings is 1. The van der Waals surface area contributed by atoms with Gasteiger partial charge in [-0.1, -0.05) is 12.1 Å². The average Bonchev–Trinajstić information content (AvgIpc) is 3.11. The van der Waals surface area contributed by atoms with E-state index in [0.717, 1.165) is 17.9 Å². The smallest absolute Gasteiger partial charge is 0.317 e. The second-order valence-corrected chi connectivity index (χ2v) is 5.82. The zero-order valence-corrected chi connectivity index (χ0v) is 12.2. The summed E-state index contributed by atoms with van der Waals surface area (Å²) >= 11 is 0. The summed E-state index contributed by atoms with van der Waals surface area (Å²) in [7, 11) is 0. The van der Waals surface area contributed by atoms with Crippen molar-refractivity contribution in [3.05, 3.63) is 29.8 Å². The Hall–Kier alpha value is -1.55. The zero-order valence-electron chi connectivity index (χ0n) is 12.2. The second kappa shape index (κ2) is 6.75. The lowest BCUT2D eigenvalue weighted by Crippen LogP contribution is -2.31. The lowest BCUT2D eigenvalue weighted by molar-refractivity contribution is -0.138. The Morgan fingerprint density at radius 1 is 1.45 bits per heavy atom. The Bertz CT molecular complexity index is 455. The molecule has 0 unspecified atom stereocenters. The Morgan fingerprint density at radius 2 is 2.20 bits per heavy atom. The van der Waals surface area contributed by atoms with Gasteiger partial charge in [-0.3, -0.25) is 9.69 Å². The van der Waals surface area contributed by atoms with Crippen LogP contribution in [0.25, 0.3) is 0 Å². The van der Waals surface area contributed by atoms with E-state index in [2.05, 4.69) is 0 Å². The third-order valence-corrected chi connectivity index (χ3v) is 3.25. The van der Waals surface area contributed by atoms with Crippen molar-refractivity contribution in [2.45, 2.75) is 39.3 Å². The van der Waals surface area contributed by atoms with E-state index < -0.39 is 5.97 Å². The molecule has 1 fully saturated rings. The Morgan fingerprint density at radius 3 is 2.80 bits per heavy atom. The molecule has 0 atom stereocenters. The van der Waals surface area contributed by atoms with Crippen LogP contribution < -0.4 is 4.74 Å². The molecule has 0 heterocycles. The van der Waals surface area contributed by atoms with Crippen LogP contribution in [-0.2, 0) is 11.3 Å². The Balaban J connectivity index is 1.98. The van der Waals surface area contributed by atoms with Crippen molar-refractivity contribution in [2.24, 2.45) is 5.92 Å². The molecule has 0 bridgehead atoms. The molecule has 0 aliphatic heterocycles. The van der Waals surface area contributed by atoms with Gasteiger partial charge in [-0.2, -0.15) is 0 Å². The normalized spacial score (nSPS) is 14.8. The lowest BCUT2D eigenvalue weighted by Gasteiger charge is -2.20. The Kier molecular flexibility index (Phi) is 5.01. The van der Waals surface area contributed by atoms with Crippen LogP contribution in [0.15, 0.2) is 24.3 Å². The molecule has 20 heavy (non-hydrogen) atoms. The Labute approximate surface area is 120 Å². The largest absolute Gasteiger partial charge is 0.491 e. The lowest BCUT2D eigenvalue weighted by atomic mass is 10.2. The number of hydrogen-bond donors (Lipinski definition) is 1. The molecule has 0 radical (unpaired) electrons. The predicted octanol–water partition coefficient (Wildman–Crippen LogP) is 2.77. The zero-order chi connectivity index (χ0) is 14.5. The van der Waals surface area contributed by atoms with E-state index in [9.17, 15) is 4.79 Å². The molecule has 1 aliphatic carbocycles. The molecule has 0 aromatic heterocycles. The van der Waals surface area contributed by atoms with Crippen LogP contribution in [0.4, 0.5) is 0 Å². The maximum absolute atomic E-state index is 10.9. The molecule has 4 heteroatoms. The SMILES string of the molecule is CC(C)Oc1cccc(CN(CC(=O)O)CC2CC2)c1. The first-order chi connectivity index (χ1) is 9.52. The molecule has 4 nitrogen and oxygen atoms in total. The van der Waals surface area contributed by atoms with Crippen molar-refractivity contribution in [3.8, 4) is 5.75 Å². The van der Waals surface area contributed by atoms with Crippen molar-refractivity contribution in [1.29, 1.82) is 0 Å². The molecule has 1 saturated carbocycles. The van der Waals surface area contributed by atoms with Crippen LogP contribution in [0.2, 0.25) is 0 Å². The van der Waals surface area contributed by atoms with Crippen LogP contribution in [-0.4, -0.2) is 35.2 Å². The highest BCUT2D eigenvalue weighted by molar-refractivity contribution is 5.69. The molecule has 110 valence electrons. The van der Waals surface area contributed by atoms with Gasteiger partial charge in [-0.25, -0.2) is 0 Å². The summed E-state index contributed by atoms with van der Waals surface area (Å²) in [6.07, 6.45) is 2.60. The third kappa shape index (κ3) is 5.21. The summed E-state index contributed by atoms with van der Waals surface area (Å²) < 4.78 is 5.68. The van der Waals surface area contributed by atoms with Crippen LogP contribution >= 0.6 is 0 Å². The topological polar surface area (TPSA) is 49.8 Å². The van der Waals surface area contributed by atoms with E-state index in [1.54, 1.807) is 0 Å². The molecular formula is C16H23NO3. The standard InChI is InChI=1S/C16H23NO3/c1-12(2)20-15-5-3-4-14(8-15)10-17(11-16(18)19)9-13-6-7-13/h3-5,8,12-13H,6-7,9-11H2,1-2H3,(H,18,19). The third-order valence-electron chi connectivity index (χ3n) is 3.25. The highest BCUT2D eigenvalue weighted by Crippen LogP contribution is 2.30. The van der Waals surface area contributed by atoms with Gasteiger partial charge in [0, 0.05) is 13.1 Å². The van der Waals surface area contributed by atoms with Gasteiger partial charge in [0.1, 0.15) is 5.75 Å². The van der Waals surface area contributed by atoms with Crippen molar-refractivity contribution in [1.82, 2.24) is 4.90 Å². The summed E-state index contributed by atoms with van der Waals surface area (Å²) in [6, 6.07) is 7.92. The molecule has 1 aliphatic rings. The van der Waals surface area contributed by atoms with Crippen LogP contribution in [0, 0.1) is 5.92 Å². The van der Waals surface area contributed by atoms with Crippen molar-refractivity contribution >= 4 is 5.97 Å². The average molecular weight is 277 g/mol. The van der Waals surface area contributed by atoms with Crippen molar-refractivity contribution < 1.29 is 14.6 Å². The minimum atomic E-state index is -0.764. The highest BCUT2D eigenvalue weighted by atomic mass is 16.5. The summed E-state index contributed by atoms with van der Waals surface area (Å²) in [6.45, 7) is 5.64.